The van der Waals surface area contributed by atoms with Crippen molar-refractivity contribution in [3.8, 4) is 0 Å². The number of hydrogen-bond donors (Lipinski definition) is 0. The second kappa shape index (κ2) is 66.8. The van der Waals surface area contributed by atoms with E-state index in [9.17, 15) is 14.4 Å². The van der Waals surface area contributed by atoms with Crippen LogP contribution in [-0.2, 0) is 28.6 Å². The third kappa shape index (κ3) is 64.1. The number of hydrogen-bond acceptors (Lipinski definition) is 6. The van der Waals surface area contributed by atoms with E-state index >= 15 is 0 Å². The number of esters is 3. The average Bonchev–Trinajstić information content (AvgIpc) is 3.46. The lowest BCUT2D eigenvalue weighted by Gasteiger charge is -2.18. The first kappa shape index (κ1) is 75.3. The molecule has 1 unspecified atom stereocenters. The van der Waals surface area contributed by atoms with Crippen LogP contribution in [0, 0.1) is 0 Å². The lowest BCUT2D eigenvalue weighted by molar-refractivity contribution is -0.167. The van der Waals surface area contributed by atoms with Crippen molar-refractivity contribution in [1.82, 2.24) is 0 Å². The molecule has 452 valence electrons. The highest BCUT2D eigenvalue weighted by molar-refractivity contribution is 5.71. The van der Waals surface area contributed by atoms with Gasteiger partial charge in [0, 0.05) is 19.3 Å². The van der Waals surface area contributed by atoms with Gasteiger partial charge < -0.3 is 14.2 Å². The monoisotopic (exact) mass is 1100 g/mol. The molecule has 0 rings (SSSR count). The van der Waals surface area contributed by atoms with Crippen molar-refractivity contribution >= 4 is 17.9 Å². The van der Waals surface area contributed by atoms with Gasteiger partial charge >= 0.3 is 17.9 Å². The van der Waals surface area contributed by atoms with Crippen LogP contribution < -0.4 is 0 Å². The van der Waals surface area contributed by atoms with Crippen LogP contribution in [0.25, 0.3) is 0 Å². The van der Waals surface area contributed by atoms with Gasteiger partial charge in [-0.2, -0.15) is 0 Å². The van der Waals surface area contributed by atoms with Crippen LogP contribution in [0.15, 0.2) is 146 Å². The normalized spacial score (nSPS) is 13.1. The summed E-state index contributed by atoms with van der Waals surface area (Å²) in [6.07, 6.45) is 95.7. The lowest BCUT2D eigenvalue weighted by atomic mass is 10.0. The highest BCUT2D eigenvalue weighted by Gasteiger charge is 2.19. The molecule has 0 saturated carbocycles. The zero-order chi connectivity index (χ0) is 57.8. The Labute approximate surface area is 493 Å². The van der Waals surface area contributed by atoms with Gasteiger partial charge in [0.15, 0.2) is 6.10 Å². The largest absolute Gasteiger partial charge is 0.462 e. The second-order valence-corrected chi connectivity index (χ2v) is 21.3. The first-order valence-corrected chi connectivity index (χ1v) is 32.8. The molecule has 80 heavy (non-hydrogen) atoms. The average molecular weight is 1110 g/mol. The summed E-state index contributed by atoms with van der Waals surface area (Å²) in [6, 6.07) is 0. The number of carbonyl (C=O) groups excluding carboxylic acids is 3. The Bertz CT molecular complexity index is 1750. The Morgan fingerprint density at radius 3 is 0.812 bits per heavy atom. The van der Waals surface area contributed by atoms with Gasteiger partial charge in [0.2, 0.25) is 0 Å². The molecule has 0 fully saturated rings. The Kier molecular flexibility index (Phi) is 62.9. The third-order valence-corrected chi connectivity index (χ3v) is 13.6. The maximum Gasteiger partial charge on any atom is 0.306 e. The molecule has 0 saturated heterocycles. The van der Waals surface area contributed by atoms with Crippen LogP contribution in [0.2, 0.25) is 0 Å². The smallest absolute Gasteiger partial charge is 0.306 e. The van der Waals surface area contributed by atoms with Gasteiger partial charge in [0.05, 0.1) is 0 Å². The molecule has 6 nitrogen and oxygen atoms in total. The van der Waals surface area contributed by atoms with Gasteiger partial charge in [-0.15, -0.1) is 0 Å². The molecule has 0 aliphatic carbocycles. The van der Waals surface area contributed by atoms with Crippen molar-refractivity contribution in [1.29, 1.82) is 0 Å². The quantitative estimate of drug-likeness (QED) is 0.0261. The molecule has 0 bridgehead atoms. The summed E-state index contributed by atoms with van der Waals surface area (Å²) >= 11 is 0. The Balaban J connectivity index is 4.43. The molecule has 1 atom stereocenters. The summed E-state index contributed by atoms with van der Waals surface area (Å²) in [7, 11) is 0. The molecule has 6 heteroatoms. The van der Waals surface area contributed by atoms with E-state index in [-0.39, 0.29) is 37.5 Å². The molecule has 0 amide bonds. The van der Waals surface area contributed by atoms with Crippen molar-refractivity contribution in [2.75, 3.05) is 13.2 Å². The molecule has 0 aromatic rings. The van der Waals surface area contributed by atoms with Gasteiger partial charge in [-0.05, 0) is 135 Å². The van der Waals surface area contributed by atoms with Crippen molar-refractivity contribution in [3.05, 3.63) is 146 Å². The molecule has 0 aromatic heterocycles. The van der Waals surface area contributed by atoms with Crippen LogP contribution in [-0.4, -0.2) is 37.2 Å². The summed E-state index contributed by atoms with van der Waals surface area (Å²) in [6.45, 7) is 6.35. The fourth-order valence-corrected chi connectivity index (χ4v) is 8.71. The summed E-state index contributed by atoms with van der Waals surface area (Å²) in [5.74, 6) is -0.974. The Hall–Kier alpha value is -4.71. The fourth-order valence-electron chi connectivity index (χ4n) is 8.71. The molecular formula is C74H120O6. The van der Waals surface area contributed by atoms with E-state index in [0.29, 0.717) is 19.3 Å². The number of unbranched alkanes of at least 4 members (excludes halogenated alkanes) is 23. The zero-order valence-corrected chi connectivity index (χ0v) is 51.8. The SMILES string of the molecule is CC/C=C\C/C=C\C/C=C\C/C=C\C/C=C\CCCCCCCCCCCCCC(=O)OCC(COC(=O)CCC/C=C\C/C=C\C/C=C\C/C=C\C/C=C\CC)OC(=O)CCCCCCCCC/C=C\C/C=C\CCCCCC. The molecule has 0 spiro atoms. The van der Waals surface area contributed by atoms with Gasteiger partial charge in [0.25, 0.3) is 0 Å². The van der Waals surface area contributed by atoms with E-state index in [1.165, 1.54) is 116 Å². The van der Waals surface area contributed by atoms with Gasteiger partial charge in [-0.3, -0.25) is 14.4 Å². The molecule has 0 aliphatic heterocycles. The topological polar surface area (TPSA) is 78.9 Å². The highest BCUT2D eigenvalue weighted by Crippen LogP contribution is 2.15. The van der Waals surface area contributed by atoms with Crippen LogP contribution in [0.5, 0.6) is 0 Å². The van der Waals surface area contributed by atoms with E-state index in [4.69, 9.17) is 14.2 Å². The van der Waals surface area contributed by atoms with Crippen LogP contribution in [0.4, 0.5) is 0 Å². The fraction of sp³-hybridized carbons (Fsp3) is 0.635. The van der Waals surface area contributed by atoms with Crippen molar-refractivity contribution in [3.63, 3.8) is 0 Å². The van der Waals surface area contributed by atoms with Crippen molar-refractivity contribution in [2.24, 2.45) is 0 Å². The van der Waals surface area contributed by atoms with Crippen molar-refractivity contribution < 1.29 is 28.6 Å². The maximum absolute atomic E-state index is 12.9. The number of rotatable bonds is 58. The first-order valence-electron chi connectivity index (χ1n) is 32.8. The van der Waals surface area contributed by atoms with Crippen LogP contribution >= 0.6 is 0 Å². The lowest BCUT2D eigenvalue weighted by Crippen LogP contribution is -2.30. The first-order chi connectivity index (χ1) is 39.5. The number of carbonyl (C=O) groups is 3. The van der Waals surface area contributed by atoms with E-state index in [0.717, 1.165) is 122 Å². The zero-order valence-electron chi connectivity index (χ0n) is 51.8. The number of allylic oxidation sites excluding steroid dienone is 24. The molecule has 0 radical (unpaired) electrons. The Morgan fingerprint density at radius 1 is 0.263 bits per heavy atom. The molecule has 0 aromatic carbocycles. The maximum atomic E-state index is 12.9. The van der Waals surface area contributed by atoms with E-state index in [1.807, 2.05) is 0 Å². The third-order valence-electron chi connectivity index (χ3n) is 13.6. The molecule has 0 heterocycles. The second-order valence-electron chi connectivity index (χ2n) is 21.3. The summed E-state index contributed by atoms with van der Waals surface area (Å²) in [4.78, 5) is 38.4. The molecule has 0 N–H and O–H groups in total. The van der Waals surface area contributed by atoms with Crippen molar-refractivity contribution in [2.45, 2.75) is 290 Å². The summed E-state index contributed by atoms with van der Waals surface area (Å²) < 4.78 is 16.9. The highest BCUT2D eigenvalue weighted by atomic mass is 16.6. The minimum atomic E-state index is -0.814. The molecule has 0 aliphatic rings. The number of ether oxygens (including phenoxy) is 3. The van der Waals surface area contributed by atoms with Gasteiger partial charge in [0.1, 0.15) is 13.2 Å². The minimum absolute atomic E-state index is 0.105. The molecular weight excluding hydrogens is 985 g/mol. The van der Waals surface area contributed by atoms with Gasteiger partial charge in [-0.25, -0.2) is 0 Å². The van der Waals surface area contributed by atoms with Gasteiger partial charge in [-0.1, -0.05) is 276 Å². The summed E-state index contributed by atoms with van der Waals surface area (Å²) in [5, 5.41) is 0. The van der Waals surface area contributed by atoms with E-state index in [1.54, 1.807) is 0 Å². The van der Waals surface area contributed by atoms with Crippen LogP contribution in [0.3, 0.4) is 0 Å². The van der Waals surface area contributed by atoms with E-state index < -0.39 is 6.10 Å². The van der Waals surface area contributed by atoms with E-state index in [2.05, 4.69) is 167 Å². The van der Waals surface area contributed by atoms with Crippen LogP contribution in [0.1, 0.15) is 284 Å². The minimum Gasteiger partial charge on any atom is -0.462 e. The predicted octanol–water partition coefficient (Wildman–Crippen LogP) is 22.7. The standard InChI is InChI=1S/C74H120O6/c1-4-7-10-13-16-19-22-25-28-31-33-34-35-36-37-38-39-40-41-44-46-49-52-55-58-61-64-67-73(76)79-70-71(69-78-72(75)66-63-60-57-54-51-48-45-42-30-27-24-21-18-15-12-9-6-3)80-74(77)68-65-62-59-56-53-50-47-43-32-29-26-23-20-17-14-11-8-5-2/h7,9-10,12,16,18-21,23,25,27-30,32-34,36-37,45,48,54,57,71H,4-6,8,11,13-15,17,22,24,26,31,35,38-44,46-47,49-53,55-56,58-70H2,1-3H3/b10-7-,12-9-,19-16-,21-18-,23-20-,28-25-,30-27-,32-29-,34-33-,37-36-,48-45-,57-54-. The predicted molar refractivity (Wildman–Crippen MR) is 348 cm³/mol. The Morgan fingerprint density at radius 2 is 0.500 bits per heavy atom. The summed E-state index contributed by atoms with van der Waals surface area (Å²) in [5.41, 5.74) is 0.